The maximum Gasteiger partial charge on any atom is 0.146 e. The zero-order valence-corrected chi connectivity index (χ0v) is 10.3. The molecule has 1 N–H and O–H groups in total. The van der Waals surface area contributed by atoms with E-state index in [2.05, 4.69) is 27.2 Å². The Balaban J connectivity index is 1.95. The maximum atomic E-state index is 8.83. The van der Waals surface area contributed by atoms with Gasteiger partial charge in [-0.1, -0.05) is 0 Å². The molecule has 1 aliphatic rings. The van der Waals surface area contributed by atoms with E-state index < -0.39 is 0 Å². The quantitative estimate of drug-likeness (QED) is 0.841. The number of hydrogen-bond acceptors (Lipinski definition) is 5. The van der Waals surface area contributed by atoms with Crippen LogP contribution in [0, 0.1) is 24.2 Å². The molecule has 0 radical (unpaired) electrons. The van der Waals surface area contributed by atoms with Crippen LogP contribution in [0.3, 0.4) is 0 Å². The number of aromatic nitrogens is 2. The minimum Gasteiger partial charge on any atom is -0.370 e. The smallest absolute Gasteiger partial charge is 0.146 e. The summed E-state index contributed by atoms with van der Waals surface area (Å²) in [5.41, 5.74) is 0.420. The van der Waals surface area contributed by atoms with Crippen LogP contribution < -0.4 is 5.32 Å². The van der Waals surface area contributed by atoms with Gasteiger partial charge >= 0.3 is 0 Å². The van der Waals surface area contributed by atoms with Crippen molar-refractivity contribution in [2.24, 2.45) is 5.92 Å². The fourth-order valence-corrected chi connectivity index (χ4v) is 2.16. The standard InChI is InChI=1S/C12H17N5/c1-9-15-11(6-13)5-12(16-9)14-7-10-3-4-17(2)8-10/h5,10H,3-4,7-8H2,1-2H3,(H,14,15,16). The first-order valence-corrected chi connectivity index (χ1v) is 5.85. The highest BCUT2D eigenvalue weighted by atomic mass is 15.1. The third-order valence-corrected chi connectivity index (χ3v) is 3.01. The predicted molar refractivity (Wildman–Crippen MR) is 65.6 cm³/mol. The molecule has 1 atom stereocenters. The van der Waals surface area contributed by atoms with Gasteiger partial charge in [0.25, 0.3) is 0 Å². The second kappa shape index (κ2) is 5.11. The molecule has 1 aliphatic heterocycles. The Bertz CT molecular complexity index is 437. The average molecular weight is 231 g/mol. The summed E-state index contributed by atoms with van der Waals surface area (Å²) in [7, 11) is 2.14. The van der Waals surface area contributed by atoms with Gasteiger partial charge in [0, 0.05) is 19.2 Å². The molecule has 1 aromatic rings. The lowest BCUT2D eigenvalue weighted by molar-refractivity contribution is 0.399. The lowest BCUT2D eigenvalue weighted by Gasteiger charge is -2.12. The number of aryl methyl sites for hydroxylation is 1. The van der Waals surface area contributed by atoms with E-state index in [0.29, 0.717) is 17.4 Å². The Kier molecular flexibility index (Phi) is 3.55. The van der Waals surface area contributed by atoms with Gasteiger partial charge in [-0.2, -0.15) is 5.26 Å². The average Bonchev–Trinajstić information content (AvgIpc) is 2.72. The van der Waals surface area contributed by atoms with Crippen molar-refractivity contribution < 1.29 is 0 Å². The van der Waals surface area contributed by atoms with Gasteiger partial charge in [0.2, 0.25) is 0 Å². The highest BCUT2D eigenvalue weighted by Crippen LogP contribution is 2.15. The summed E-state index contributed by atoms with van der Waals surface area (Å²) in [4.78, 5) is 10.6. The Labute approximate surface area is 101 Å². The molecular weight excluding hydrogens is 214 g/mol. The summed E-state index contributed by atoms with van der Waals surface area (Å²) in [5.74, 6) is 2.06. The first-order chi connectivity index (χ1) is 8.17. The van der Waals surface area contributed by atoms with Gasteiger partial charge < -0.3 is 10.2 Å². The summed E-state index contributed by atoms with van der Waals surface area (Å²) in [5, 5.41) is 12.1. The monoisotopic (exact) mass is 231 g/mol. The van der Waals surface area contributed by atoms with Crippen LogP contribution in [0.15, 0.2) is 6.07 Å². The van der Waals surface area contributed by atoms with Gasteiger partial charge in [-0.05, 0) is 32.9 Å². The summed E-state index contributed by atoms with van der Waals surface area (Å²) in [6.45, 7) is 5.00. The number of hydrogen-bond donors (Lipinski definition) is 1. The van der Waals surface area contributed by atoms with Crippen molar-refractivity contribution in [3.8, 4) is 6.07 Å². The molecule has 5 heteroatoms. The van der Waals surface area contributed by atoms with Crippen LogP contribution in [-0.4, -0.2) is 41.5 Å². The number of nitriles is 1. The van der Waals surface area contributed by atoms with Gasteiger partial charge in [0.05, 0.1) is 0 Å². The van der Waals surface area contributed by atoms with Crippen LogP contribution in [0.1, 0.15) is 17.9 Å². The first kappa shape index (κ1) is 11.8. The molecular formula is C12H17N5. The largest absolute Gasteiger partial charge is 0.370 e. The van der Waals surface area contributed by atoms with E-state index in [9.17, 15) is 0 Å². The van der Waals surface area contributed by atoms with Crippen molar-refractivity contribution in [1.82, 2.24) is 14.9 Å². The van der Waals surface area contributed by atoms with Crippen LogP contribution in [0.5, 0.6) is 0 Å². The van der Waals surface area contributed by atoms with E-state index in [1.54, 1.807) is 13.0 Å². The number of likely N-dealkylation sites (tertiary alicyclic amines) is 1. The molecule has 0 spiro atoms. The van der Waals surface area contributed by atoms with Gasteiger partial charge in [-0.15, -0.1) is 0 Å². The lowest BCUT2D eigenvalue weighted by Crippen LogP contribution is -2.19. The van der Waals surface area contributed by atoms with E-state index >= 15 is 0 Å². The predicted octanol–water partition coefficient (Wildman–Crippen LogP) is 1.02. The number of nitrogens with zero attached hydrogens (tertiary/aromatic N) is 4. The summed E-state index contributed by atoms with van der Waals surface area (Å²) in [6, 6.07) is 3.74. The molecule has 1 fully saturated rings. The highest BCUT2D eigenvalue weighted by Gasteiger charge is 2.19. The van der Waals surface area contributed by atoms with Crippen molar-refractivity contribution in [3.63, 3.8) is 0 Å². The maximum absolute atomic E-state index is 8.83. The minimum absolute atomic E-state index is 0.420. The third-order valence-electron chi connectivity index (χ3n) is 3.01. The second-order valence-corrected chi connectivity index (χ2v) is 4.60. The van der Waals surface area contributed by atoms with Crippen molar-refractivity contribution in [2.45, 2.75) is 13.3 Å². The Hall–Kier alpha value is -1.67. The molecule has 5 nitrogen and oxygen atoms in total. The lowest BCUT2D eigenvalue weighted by atomic mass is 10.1. The van der Waals surface area contributed by atoms with Crippen LogP contribution in [0.2, 0.25) is 0 Å². The SMILES string of the molecule is Cc1nc(C#N)cc(NCC2CCN(C)C2)n1. The number of anilines is 1. The van der Waals surface area contributed by atoms with Crippen molar-refractivity contribution in [2.75, 3.05) is 32.0 Å². The van der Waals surface area contributed by atoms with E-state index in [-0.39, 0.29) is 0 Å². The fraction of sp³-hybridized carbons (Fsp3) is 0.583. The van der Waals surface area contributed by atoms with E-state index in [4.69, 9.17) is 5.26 Å². The van der Waals surface area contributed by atoms with E-state index in [0.717, 1.165) is 18.9 Å². The summed E-state index contributed by atoms with van der Waals surface area (Å²) in [6.07, 6.45) is 1.22. The molecule has 2 heterocycles. The number of nitrogens with one attached hydrogen (secondary N) is 1. The van der Waals surface area contributed by atoms with Crippen LogP contribution in [-0.2, 0) is 0 Å². The highest BCUT2D eigenvalue weighted by molar-refractivity contribution is 5.39. The van der Waals surface area contributed by atoms with E-state index in [1.807, 2.05) is 6.07 Å². The summed E-state index contributed by atoms with van der Waals surface area (Å²) < 4.78 is 0. The normalized spacial score (nSPS) is 20.2. The molecule has 0 amide bonds. The van der Waals surface area contributed by atoms with Crippen molar-refractivity contribution in [1.29, 1.82) is 5.26 Å². The van der Waals surface area contributed by atoms with Crippen LogP contribution in [0.4, 0.5) is 5.82 Å². The Morgan fingerprint density at radius 1 is 1.59 bits per heavy atom. The third kappa shape index (κ3) is 3.14. The van der Waals surface area contributed by atoms with Crippen molar-refractivity contribution in [3.05, 3.63) is 17.6 Å². The van der Waals surface area contributed by atoms with E-state index in [1.165, 1.54) is 13.0 Å². The van der Waals surface area contributed by atoms with Gasteiger partial charge in [-0.3, -0.25) is 0 Å². The molecule has 17 heavy (non-hydrogen) atoms. The van der Waals surface area contributed by atoms with Gasteiger partial charge in [0.15, 0.2) is 0 Å². The molecule has 0 bridgehead atoms. The first-order valence-electron chi connectivity index (χ1n) is 5.85. The molecule has 0 saturated carbocycles. The Morgan fingerprint density at radius 3 is 3.06 bits per heavy atom. The molecule has 0 aromatic carbocycles. The zero-order chi connectivity index (χ0) is 12.3. The minimum atomic E-state index is 0.420. The summed E-state index contributed by atoms with van der Waals surface area (Å²) >= 11 is 0. The Morgan fingerprint density at radius 2 is 2.41 bits per heavy atom. The second-order valence-electron chi connectivity index (χ2n) is 4.60. The molecule has 1 unspecified atom stereocenters. The fourth-order valence-electron chi connectivity index (χ4n) is 2.16. The topological polar surface area (TPSA) is 64.8 Å². The van der Waals surface area contributed by atoms with Gasteiger partial charge in [-0.25, -0.2) is 9.97 Å². The molecule has 1 aromatic heterocycles. The van der Waals surface area contributed by atoms with Crippen LogP contribution in [0.25, 0.3) is 0 Å². The van der Waals surface area contributed by atoms with Gasteiger partial charge in [0.1, 0.15) is 23.4 Å². The zero-order valence-electron chi connectivity index (χ0n) is 10.3. The van der Waals surface area contributed by atoms with Crippen molar-refractivity contribution >= 4 is 5.82 Å². The molecule has 2 rings (SSSR count). The molecule has 0 aliphatic carbocycles. The molecule has 1 saturated heterocycles. The van der Waals surface area contributed by atoms with Crippen LogP contribution >= 0.6 is 0 Å². The number of rotatable bonds is 3. The molecule has 90 valence electrons.